The molecule has 1 aromatic carbocycles. The Balaban J connectivity index is 0.00000225. The summed E-state index contributed by atoms with van der Waals surface area (Å²) in [5.74, 6) is 0.475. The molecular weight excluding hydrogens is 378 g/mol. The molecule has 1 saturated heterocycles. The van der Waals surface area contributed by atoms with Gasteiger partial charge < -0.3 is 19.6 Å². The minimum atomic E-state index is -0.568. The van der Waals surface area contributed by atoms with E-state index in [4.69, 9.17) is 4.42 Å². The molecule has 2 aromatic heterocycles. The van der Waals surface area contributed by atoms with E-state index in [2.05, 4.69) is 10.6 Å². The zero-order valence-corrected chi connectivity index (χ0v) is 16.8. The molecule has 1 aliphatic rings. The molecule has 0 aliphatic carbocycles. The SMILES string of the molecule is Cc1cc(C2CCNCC2)oc(=O)c1C(=O)Nc1cccc2c1ccn2C.Cl. The number of carbonyl (C=O) groups is 1. The molecule has 28 heavy (non-hydrogen) atoms. The number of halogens is 1. The second kappa shape index (κ2) is 8.20. The van der Waals surface area contributed by atoms with Gasteiger partial charge in [0.2, 0.25) is 0 Å². The zero-order chi connectivity index (χ0) is 19.0. The first-order valence-corrected chi connectivity index (χ1v) is 9.25. The summed E-state index contributed by atoms with van der Waals surface area (Å²) in [5, 5.41) is 7.11. The van der Waals surface area contributed by atoms with Crippen molar-refractivity contribution in [2.75, 3.05) is 18.4 Å². The van der Waals surface area contributed by atoms with Crippen LogP contribution in [0.5, 0.6) is 0 Å². The maximum absolute atomic E-state index is 12.8. The smallest absolute Gasteiger partial charge is 0.349 e. The average Bonchev–Trinajstić information content (AvgIpc) is 3.04. The van der Waals surface area contributed by atoms with Crippen LogP contribution in [0.2, 0.25) is 0 Å². The molecule has 2 N–H and O–H groups in total. The van der Waals surface area contributed by atoms with Gasteiger partial charge >= 0.3 is 5.63 Å². The van der Waals surface area contributed by atoms with E-state index in [1.807, 2.05) is 48.1 Å². The number of nitrogens with one attached hydrogen (secondary N) is 2. The summed E-state index contributed by atoms with van der Waals surface area (Å²) in [7, 11) is 1.95. The minimum absolute atomic E-state index is 0. The summed E-state index contributed by atoms with van der Waals surface area (Å²) in [6.07, 6.45) is 3.81. The summed E-state index contributed by atoms with van der Waals surface area (Å²) in [6.45, 7) is 3.62. The van der Waals surface area contributed by atoms with E-state index in [0.717, 1.165) is 36.8 Å². The van der Waals surface area contributed by atoms with E-state index < -0.39 is 11.5 Å². The molecule has 4 rings (SSSR count). The lowest BCUT2D eigenvalue weighted by Gasteiger charge is -2.22. The highest BCUT2D eigenvalue weighted by molar-refractivity contribution is 6.09. The van der Waals surface area contributed by atoms with Crippen molar-refractivity contribution in [3.63, 3.8) is 0 Å². The molecule has 3 aromatic rings. The first-order valence-electron chi connectivity index (χ1n) is 9.25. The molecule has 1 amide bonds. The maximum atomic E-state index is 12.8. The molecular formula is C21H24ClN3O3. The number of amides is 1. The molecule has 3 heterocycles. The van der Waals surface area contributed by atoms with Gasteiger partial charge in [-0.25, -0.2) is 4.79 Å². The molecule has 0 spiro atoms. The van der Waals surface area contributed by atoms with E-state index in [9.17, 15) is 9.59 Å². The number of nitrogens with zero attached hydrogens (tertiary/aromatic N) is 1. The third kappa shape index (κ3) is 3.70. The predicted molar refractivity (Wildman–Crippen MR) is 113 cm³/mol. The fourth-order valence-electron chi connectivity index (χ4n) is 3.81. The summed E-state index contributed by atoms with van der Waals surface area (Å²) >= 11 is 0. The van der Waals surface area contributed by atoms with E-state index in [1.165, 1.54) is 0 Å². The Morgan fingerprint density at radius 1 is 1.25 bits per heavy atom. The summed E-state index contributed by atoms with van der Waals surface area (Å²) < 4.78 is 7.52. The predicted octanol–water partition coefficient (Wildman–Crippen LogP) is 3.58. The van der Waals surface area contributed by atoms with Crippen molar-refractivity contribution in [1.82, 2.24) is 9.88 Å². The van der Waals surface area contributed by atoms with Crippen molar-refractivity contribution in [2.45, 2.75) is 25.7 Å². The molecule has 6 nitrogen and oxygen atoms in total. The van der Waals surface area contributed by atoms with Gasteiger partial charge in [-0.1, -0.05) is 6.07 Å². The van der Waals surface area contributed by atoms with Gasteiger partial charge in [0.15, 0.2) is 0 Å². The number of fused-ring (bicyclic) bond motifs is 1. The van der Waals surface area contributed by atoms with Crippen molar-refractivity contribution in [3.05, 3.63) is 63.8 Å². The maximum Gasteiger partial charge on any atom is 0.349 e. The fourth-order valence-corrected chi connectivity index (χ4v) is 3.81. The number of rotatable bonds is 3. The van der Waals surface area contributed by atoms with Gasteiger partial charge in [-0.2, -0.15) is 0 Å². The van der Waals surface area contributed by atoms with E-state index in [1.54, 1.807) is 6.92 Å². The fraction of sp³-hybridized carbons (Fsp3) is 0.333. The van der Waals surface area contributed by atoms with E-state index in [-0.39, 0.29) is 23.9 Å². The Hall–Kier alpha value is -2.57. The van der Waals surface area contributed by atoms with Crippen LogP contribution in [-0.2, 0) is 7.05 Å². The van der Waals surface area contributed by atoms with Crippen LogP contribution in [0.4, 0.5) is 5.69 Å². The van der Waals surface area contributed by atoms with Crippen LogP contribution in [-0.4, -0.2) is 23.6 Å². The van der Waals surface area contributed by atoms with Crippen molar-refractivity contribution < 1.29 is 9.21 Å². The number of aromatic nitrogens is 1. The third-order valence-corrected chi connectivity index (χ3v) is 5.31. The normalized spacial score (nSPS) is 14.6. The Morgan fingerprint density at radius 3 is 2.71 bits per heavy atom. The van der Waals surface area contributed by atoms with Gasteiger partial charge in [0, 0.05) is 30.1 Å². The van der Waals surface area contributed by atoms with Gasteiger partial charge in [0.05, 0.1) is 5.69 Å². The number of carbonyl (C=O) groups excluding carboxylic acids is 1. The molecule has 0 radical (unpaired) electrons. The monoisotopic (exact) mass is 401 g/mol. The quantitative estimate of drug-likeness (QED) is 0.703. The molecule has 0 atom stereocenters. The zero-order valence-electron chi connectivity index (χ0n) is 16.0. The first kappa shape index (κ1) is 20.2. The minimum Gasteiger partial charge on any atom is -0.427 e. The standard InChI is InChI=1S/C21H23N3O3.ClH/c1-13-12-18(14-6-9-22-10-7-14)27-21(26)19(13)20(25)23-16-4-3-5-17-15(16)8-11-24(17)2;/h3-5,8,11-12,14,22H,6-7,9-10H2,1-2H3,(H,23,25);1H. The van der Waals surface area contributed by atoms with Crippen LogP contribution in [0, 0.1) is 6.92 Å². The van der Waals surface area contributed by atoms with Gasteiger partial charge in [-0.05, 0) is 62.7 Å². The molecule has 0 saturated carbocycles. The molecule has 0 unspecified atom stereocenters. The Morgan fingerprint density at radius 2 is 2.00 bits per heavy atom. The van der Waals surface area contributed by atoms with Crippen LogP contribution < -0.4 is 16.3 Å². The van der Waals surface area contributed by atoms with Crippen LogP contribution in [0.25, 0.3) is 10.9 Å². The van der Waals surface area contributed by atoms with E-state index >= 15 is 0 Å². The van der Waals surface area contributed by atoms with Crippen LogP contribution in [0.15, 0.2) is 45.7 Å². The highest BCUT2D eigenvalue weighted by Gasteiger charge is 2.23. The van der Waals surface area contributed by atoms with Crippen molar-refractivity contribution in [3.8, 4) is 0 Å². The molecule has 0 bridgehead atoms. The second-order valence-corrected chi connectivity index (χ2v) is 7.14. The van der Waals surface area contributed by atoms with Gasteiger partial charge in [0.1, 0.15) is 11.3 Å². The summed E-state index contributed by atoms with van der Waals surface area (Å²) in [6, 6.07) is 9.49. The lowest BCUT2D eigenvalue weighted by Crippen LogP contribution is -2.28. The number of anilines is 1. The number of benzene rings is 1. The van der Waals surface area contributed by atoms with Crippen LogP contribution >= 0.6 is 12.4 Å². The molecule has 7 heteroatoms. The molecule has 148 valence electrons. The van der Waals surface area contributed by atoms with E-state index in [0.29, 0.717) is 17.0 Å². The number of hydrogen-bond acceptors (Lipinski definition) is 4. The third-order valence-electron chi connectivity index (χ3n) is 5.31. The van der Waals surface area contributed by atoms with Gasteiger partial charge in [-0.15, -0.1) is 12.4 Å². The van der Waals surface area contributed by atoms with Gasteiger partial charge in [0.25, 0.3) is 5.91 Å². The van der Waals surface area contributed by atoms with Gasteiger partial charge in [-0.3, -0.25) is 4.79 Å². The number of aryl methyl sites for hydroxylation is 2. The summed E-state index contributed by atoms with van der Waals surface area (Å²) in [4.78, 5) is 25.4. The first-order chi connectivity index (χ1) is 13.0. The largest absolute Gasteiger partial charge is 0.427 e. The molecule has 1 aliphatic heterocycles. The van der Waals surface area contributed by atoms with Crippen molar-refractivity contribution >= 4 is 34.9 Å². The lowest BCUT2D eigenvalue weighted by molar-refractivity contribution is 0.102. The summed E-state index contributed by atoms with van der Waals surface area (Å²) in [5.41, 5.74) is 1.84. The Labute approximate surface area is 169 Å². The number of hydrogen-bond donors (Lipinski definition) is 2. The average molecular weight is 402 g/mol. The van der Waals surface area contributed by atoms with Crippen molar-refractivity contribution in [1.29, 1.82) is 0 Å². The highest BCUT2D eigenvalue weighted by Crippen LogP contribution is 2.27. The Kier molecular flexibility index (Phi) is 5.91. The number of piperidine rings is 1. The molecule has 1 fully saturated rings. The lowest BCUT2D eigenvalue weighted by atomic mass is 9.94. The Bertz CT molecular complexity index is 1060. The van der Waals surface area contributed by atoms with Crippen molar-refractivity contribution in [2.24, 2.45) is 7.05 Å². The van der Waals surface area contributed by atoms with Crippen LogP contribution in [0.1, 0.15) is 40.4 Å². The van der Waals surface area contributed by atoms with Crippen LogP contribution in [0.3, 0.4) is 0 Å². The highest BCUT2D eigenvalue weighted by atomic mass is 35.5. The topological polar surface area (TPSA) is 76.3 Å². The second-order valence-electron chi connectivity index (χ2n) is 7.14.